The van der Waals surface area contributed by atoms with E-state index in [1.165, 1.54) is 0 Å². The summed E-state index contributed by atoms with van der Waals surface area (Å²) in [6.45, 7) is 0. The van der Waals surface area contributed by atoms with Gasteiger partial charge in [0.25, 0.3) is 0 Å². The van der Waals surface area contributed by atoms with Gasteiger partial charge in [-0.25, -0.2) is 0 Å². The smallest absolute Gasteiger partial charge is 0.192 e. The van der Waals surface area contributed by atoms with Gasteiger partial charge in [-0.15, -0.1) is 0 Å². The molecule has 3 aromatic rings. The highest BCUT2D eigenvalue weighted by Gasteiger charge is 2.45. The van der Waals surface area contributed by atoms with Crippen LogP contribution in [0.2, 0.25) is 0 Å². The van der Waals surface area contributed by atoms with Crippen molar-refractivity contribution in [2.75, 3.05) is 7.11 Å². The number of dihydropyridines is 1. The van der Waals surface area contributed by atoms with Crippen LogP contribution in [0.1, 0.15) is 51.7 Å². The Bertz CT molecular complexity index is 1350. The molecule has 1 aliphatic heterocycles. The van der Waals surface area contributed by atoms with Crippen LogP contribution in [0.25, 0.3) is 5.70 Å². The van der Waals surface area contributed by atoms with Crippen LogP contribution in [-0.2, 0) is 4.79 Å². The van der Waals surface area contributed by atoms with Crippen molar-refractivity contribution in [1.29, 1.82) is 0 Å². The Hall–Kier alpha value is -3.92. The summed E-state index contributed by atoms with van der Waals surface area (Å²) in [5, 5.41) is 3.55. The maximum atomic E-state index is 13.6. The van der Waals surface area contributed by atoms with Crippen molar-refractivity contribution in [2.24, 2.45) is 0 Å². The first-order valence-corrected chi connectivity index (χ1v) is 11.3. The molecule has 4 nitrogen and oxygen atoms in total. The Morgan fingerprint density at radius 3 is 2.18 bits per heavy atom. The van der Waals surface area contributed by atoms with Crippen LogP contribution in [0.15, 0.2) is 95.7 Å². The molecule has 162 valence electrons. The number of nitrogens with one attached hydrogen (secondary N) is 1. The molecule has 0 aromatic heterocycles. The number of benzene rings is 3. The molecule has 1 heterocycles. The van der Waals surface area contributed by atoms with E-state index < -0.39 is 0 Å². The van der Waals surface area contributed by atoms with Gasteiger partial charge in [0.05, 0.1) is 12.8 Å². The summed E-state index contributed by atoms with van der Waals surface area (Å²) in [6, 6.07) is 25.6. The predicted octanol–water partition coefficient (Wildman–Crippen LogP) is 5.39. The second kappa shape index (κ2) is 7.59. The number of carbonyl (C=O) groups is 2. The summed E-state index contributed by atoms with van der Waals surface area (Å²) in [7, 11) is 1.65. The van der Waals surface area contributed by atoms with Gasteiger partial charge in [0.2, 0.25) is 0 Å². The van der Waals surface area contributed by atoms with Gasteiger partial charge >= 0.3 is 0 Å². The topological polar surface area (TPSA) is 55.4 Å². The standard InChI is InChI=1S/C29H23NO3/c1-33-20-13-11-17(12-14-20)19-15-23-26(24(31)16-19)25(18-7-3-2-4-8-18)27-28(30-23)21-9-5-6-10-22(21)29(27)32/h2-14,19,25,30H,15-16H2,1H3. The molecule has 2 aliphatic carbocycles. The minimum Gasteiger partial charge on any atom is -0.497 e. The van der Waals surface area contributed by atoms with Gasteiger partial charge in [0.1, 0.15) is 5.75 Å². The van der Waals surface area contributed by atoms with Gasteiger partial charge in [-0.2, -0.15) is 0 Å². The summed E-state index contributed by atoms with van der Waals surface area (Å²) >= 11 is 0. The molecule has 2 atom stereocenters. The van der Waals surface area contributed by atoms with E-state index in [1.807, 2.05) is 78.9 Å². The van der Waals surface area contributed by atoms with Crippen molar-refractivity contribution in [3.63, 3.8) is 0 Å². The summed E-state index contributed by atoms with van der Waals surface area (Å²) in [6.07, 6.45) is 1.16. The summed E-state index contributed by atoms with van der Waals surface area (Å²) in [5.74, 6) is 0.658. The van der Waals surface area contributed by atoms with Crippen molar-refractivity contribution in [1.82, 2.24) is 5.32 Å². The lowest BCUT2D eigenvalue weighted by atomic mass is 9.71. The highest BCUT2D eigenvalue weighted by Crippen LogP contribution is 2.50. The summed E-state index contributed by atoms with van der Waals surface area (Å²) in [5.41, 5.74) is 6.95. The van der Waals surface area contributed by atoms with Crippen LogP contribution in [0.4, 0.5) is 0 Å². The lowest BCUT2D eigenvalue weighted by Gasteiger charge is -2.36. The number of carbonyl (C=O) groups excluding carboxylic acids is 2. The Morgan fingerprint density at radius 1 is 0.758 bits per heavy atom. The second-order valence-corrected chi connectivity index (χ2v) is 8.83. The normalized spacial score (nSPS) is 21.4. The van der Waals surface area contributed by atoms with Gasteiger partial charge < -0.3 is 10.1 Å². The molecule has 0 saturated heterocycles. The lowest BCUT2D eigenvalue weighted by Crippen LogP contribution is -2.33. The molecule has 0 bridgehead atoms. The molecule has 0 amide bonds. The third kappa shape index (κ3) is 3.05. The number of hydrogen-bond acceptors (Lipinski definition) is 4. The first kappa shape index (κ1) is 19.7. The van der Waals surface area contributed by atoms with E-state index in [1.54, 1.807) is 7.11 Å². The average Bonchev–Trinajstić information content (AvgIpc) is 3.15. The van der Waals surface area contributed by atoms with Gasteiger partial charge in [0, 0.05) is 40.3 Å². The monoisotopic (exact) mass is 433 g/mol. The molecule has 0 spiro atoms. The highest BCUT2D eigenvalue weighted by molar-refractivity contribution is 6.23. The number of methoxy groups -OCH3 is 1. The van der Waals surface area contributed by atoms with E-state index >= 15 is 0 Å². The second-order valence-electron chi connectivity index (χ2n) is 8.83. The van der Waals surface area contributed by atoms with Crippen LogP contribution in [0, 0.1) is 0 Å². The number of ketones is 2. The third-order valence-corrected chi connectivity index (χ3v) is 7.04. The van der Waals surface area contributed by atoms with Gasteiger partial charge in [0.15, 0.2) is 11.6 Å². The fourth-order valence-corrected chi connectivity index (χ4v) is 5.48. The zero-order chi connectivity index (χ0) is 22.5. The first-order valence-electron chi connectivity index (χ1n) is 11.3. The maximum absolute atomic E-state index is 13.6. The summed E-state index contributed by atoms with van der Waals surface area (Å²) in [4.78, 5) is 27.1. The molecular formula is C29H23NO3. The molecule has 1 N–H and O–H groups in total. The minimum absolute atomic E-state index is 0.0126. The van der Waals surface area contributed by atoms with Crippen molar-refractivity contribution in [2.45, 2.75) is 24.7 Å². The van der Waals surface area contributed by atoms with Crippen molar-refractivity contribution < 1.29 is 14.3 Å². The number of Topliss-reactive ketones (excluding diaryl/α,β-unsaturated/α-hetero) is 2. The molecule has 4 heteroatoms. The van der Waals surface area contributed by atoms with E-state index in [9.17, 15) is 9.59 Å². The fourth-order valence-electron chi connectivity index (χ4n) is 5.48. The van der Waals surface area contributed by atoms with E-state index in [2.05, 4.69) is 5.32 Å². The van der Waals surface area contributed by atoms with E-state index in [-0.39, 0.29) is 23.4 Å². The SMILES string of the molecule is COc1ccc(C2CC(=O)C3=C(C2)NC2=C(C(=O)c4ccccc42)C3c2ccccc2)cc1. The number of hydrogen-bond donors (Lipinski definition) is 1. The predicted molar refractivity (Wildman–Crippen MR) is 127 cm³/mol. The van der Waals surface area contributed by atoms with Gasteiger partial charge in [-0.1, -0.05) is 66.7 Å². The van der Waals surface area contributed by atoms with E-state index in [0.717, 1.165) is 45.8 Å². The minimum atomic E-state index is -0.346. The van der Waals surface area contributed by atoms with Crippen molar-refractivity contribution >= 4 is 17.3 Å². The molecule has 0 saturated carbocycles. The van der Waals surface area contributed by atoms with Crippen LogP contribution in [-0.4, -0.2) is 18.7 Å². The number of fused-ring (bicyclic) bond motifs is 2. The van der Waals surface area contributed by atoms with Crippen LogP contribution >= 0.6 is 0 Å². The van der Waals surface area contributed by atoms with Gasteiger partial charge in [-0.3, -0.25) is 9.59 Å². The lowest BCUT2D eigenvalue weighted by molar-refractivity contribution is -0.116. The van der Waals surface area contributed by atoms with Crippen LogP contribution in [0.3, 0.4) is 0 Å². The third-order valence-electron chi connectivity index (χ3n) is 7.04. The van der Waals surface area contributed by atoms with Crippen LogP contribution < -0.4 is 10.1 Å². The molecule has 3 aliphatic rings. The maximum Gasteiger partial charge on any atom is 0.192 e. The largest absolute Gasteiger partial charge is 0.497 e. The quantitative estimate of drug-likeness (QED) is 0.602. The number of ether oxygens (including phenoxy) is 1. The summed E-state index contributed by atoms with van der Waals surface area (Å²) < 4.78 is 5.29. The van der Waals surface area contributed by atoms with Crippen molar-refractivity contribution in [3.8, 4) is 5.75 Å². The Morgan fingerprint density at radius 2 is 1.45 bits per heavy atom. The molecular weight excluding hydrogens is 410 g/mol. The Balaban J connectivity index is 1.47. The molecule has 33 heavy (non-hydrogen) atoms. The molecule has 0 fully saturated rings. The molecule has 3 aromatic carbocycles. The van der Waals surface area contributed by atoms with Crippen molar-refractivity contribution in [3.05, 3.63) is 118 Å². The number of rotatable bonds is 3. The van der Waals surface area contributed by atoms with Crippen LogP contribution in [0.5, 0.6) is 5.75 Å². The fraction of sp³-hybridized carbons (Fsp3) is 0.172. The zero-order valence-electron chi connectivity index (χ0n) is 18.3. The molecule has 0 radical (unpaired) electrons. The number of allylic oxidation sites excluding steroid dienone is 3. The molecule has 6 rings (SSSR count). The Kier molecular flexibility index (Phi) is 4.54. The Labute approximate surface area is 192 Å². The average molecular weight is 434 g/mol. The van der Waals surface area contributed by atoms with E-state index in [4.69, 9.17) is 4.74 Å². The first-order chi connectivity index (χ1) is 16.2. The van der Waals surface area contributed by atoms with E-state index in [0.29, 0.717) is 17.6 Å². The zero-order valence-corrected chi connectivity index (χ0v) is 18.3. The molecule has 2 unspecified atom stereocenters. The van der Waals surface area contributed by atoms with Gasteiger partial charge in [-0.05, 0) is 35.6 Å². The highest BCUT2D eigenvalue weighted by atomic mass is 16.5.